The van der Waals surface area contributed by atoms with Crippen LogP contribution >= 0.6 is 0 Å². The molecule has 2 saturated heterocycles. The normalized spacial score (nSPS) is 19.9. The summed E-state index contributed by atoms with van der Waals surface area (Å²) in [7, 11) is 4.10. The smallest absolute Gasteiger partial charge is 0.196 e. The summed E-state index contributed by atoms with van der Waals surface area (Å²) in [4.78, 5) is 4.35. The molecule has 24 heavy (non-hydrogen) atoms. The summed E-state index contributed by atoms with van der Waals surface area (Å²) in [5, 5.41) is 0. The summed E-state index contributed by atoms with van der Waals surface area (Å²) in [6.45, 7) is 10.1. The topological polar surface area (TPSA) is 24.9 Å². The van der Waals surface area contributed by atoms with E-state index in [2.05, 4.69) is 29.0 Å². The van der Waals surface area contributed by atoms with E-state index >= 15 is 0 Å². The third kappa shape index (κ3) is 8.20. The highest BCUT2D eigenvalue weighted by molar-refractivity contribution is 5.13. The summed E-state index contributed by atoms with van der Waals surface area (Å²) >= 11 is 0. The highest BCUT2D eigenvalue weighted by Gasteiger charge is 2.25. The Morgan fingerprint density at radius 3 is 1.96 bits per heavy atom. The average molecular weight is 340 g/mol. The first-order chi connectivity index (χ1) is 11.5. The van der Waals surface area contributed by atoms with Gasteiger partial charge in [-0.05, 0) is 26.6 Å². The molecule has 1 unspecified atom stereocenters. The van der Waals surface area contributed by atoms with Gasteiger partial charge in [0.1, 0.15) is 0 Å². The van der Waals surface area contributed by atoms with Crippen molar-refractivity contribution in [3.63, 3.8) is 0 Å². The fourth-order valence-corrected chi connectivity index (χ4v) is 2.53. The van der Waals surface area contributed by atoms with E-state index in [-0.39, 0.29) is 6.10 Å². The minimum absolute atomic E-state index is 0.134. The molecule has 0 spiro atoms. The van der Waals surface area contributed by atoms with Crippen molar-refractivity contribution in [1.82, 2.24) is 9.80 Å². The first-order valence-corrected chi connectivity index (χ1v) is 8.85. The lowest BCUT2D eigenvalue weighted by Gasteiger charge is -2.35. The summed E-state index contributed by atoms with van der Waals surface area (Å²) in [5.41, 5.74) is 1.26. The predicted molar refractivity (Wildman–Crippen MR) is 96.8 cm³/mol. The van der Waals surface area contributed by atoms with Crippen LogP contribution in [0.4, 0.5) is 4.39 Å². The van der Waals surface area contributed by atoms with Crippen LogP contribution in [0.5, 0.6) is 0 Å². The number of likely N-dealkylation sites (tertiary alicyclic amines) is 2. The van der Waals surface area contributed by atoms with Gasteiger partial charge in [0.15, 0.2) is 6.36 Å². The highest BCUT2D eigenvalue weighted by atomic mass is 19.1. The quantitative estimate of drug-likeness (QED) is 0.822. The van der Waals surface area contributed by atoms with Crippen molar-refractivity contribution in [2.24, 2.45) is 0 Å². The monoisotopic (exact) mass is 340 g/mol. The van der Waals surface area contributed by atoms with E-state index in [4.69, 9.17) is 9.47 Å². The number of hydrogen-bond acceptors (Lipinski definition) is 4. The number of ether oxygens (including phenoxy) is 2. The molecule has 2 aliphatic rings. The molecular formula is C19H33FN2O2. The minimum atomic E-state index is -1.11. The van der Waals surface area contributed by atoms with Crippen molar-refractivity contribution in [3.05, 3.63) is 35.9 Å². The maximum Gasteiger partial charge on any atom is 0.196 e. The van der Waals surface area contributed by atoms with Gasteiger partial charge >= 0.3 is 0 Å². The van der Waals surface area contributed by atoms with Crippen LogP contribution in [0.1, 0.15) is 26.3 Å². The number of likely N-dealkylation sites (N-methyl/N-ethyl adjacent to an activating group) is 2. The number of rotatable bonds is 5. The van der Waals surface area contributed by atoms with Gasteiger partial charge in [-0.25, -0.2) is 4.39 Å². The van der Waals surface area contributed by atoms with E-state index in [1.54, 1.807) is 0 Å². The van der Waals surface area contributed by atoms with Crippen molar-refractivity contribution in [1.29, 1.82) is 0 Å². The van der Waals surface area contributed by atoms with E-state index in [0.717, 1.165) is 32.8 Å². The van der Waals surface area contributed by atoms with Crippen LogP contribution in [0, 0.1) is 0 Å². The van der Waals surface area contributed by atoms with Crippen molar-refractivity contribution < 1.29 is 13.9 Å². The molecule has 0 bridgehead atoms. The SMILES string of the molecule is CC.CC(F)OC1CN(C)C1.CN1CC(OCc2ccccc2)C1. The van der Waals surface area contributed by atoms with Gasteiger partial charge in [-0.15, -0.1) is 0 Å². The molecule has 4 nitrogen and oxygen atoms in total. The predicted octanol–water partition coefficient (Wildman–Crippen LogP) is 3.18. The molecule has 0 aliphatic carbocycles. The molecule has 2 fully saturated rings. The summed E-state index contributed by atoms with van der Waals surface area (Å²) in [6, 6.07) is 10.3. The molecule has 5 heteroatoms. The second-order valence-electron chi connectivity index (χ2n) is 6.16. The maximum absolute atomic E-state index is 12.1. The van der Waals surface area contributed by atoms with E-state index in [9.17, 15) is 4.39 Å². The lowest BCUT2D eigenvalue weighted by atomic mass is 10.2. The van der Waals surface area contributed by atoms with Crippen LogP contribution < -0.4 is 0 Å². The van der Waals surface area contributed by atoms with Gasteiger partial charge < -0.3 is 19.3 Å². The Hall–Kier alpha value is -1.01. The van der Waals surface area contributed by atoms with Gasteiger partial charge in [0.05, 0.1) is 18.8 Å². The zero-order valence-electron chi connectivity index (χ0n) is 15.7. The molecule has 2 aliphatic heterocycles. The Morgan fingerprint density at radius 2 is 1.50 bits per heavy atom. The molecular weight excluding hydrogens is 307 g/mol. The molecule has 1 atom stereocenters. The number of benzene rings is 1. The zero-order chi connectivity index (χ0) is 17.9. The highest BCUT2D eigenvalue weighted by Crippen LogP contribution is 2.11. The molecule has 3 rings (SSSR count). The molecule has 0 amide bonds. The third-order valence-electron chi connectivity index (χ3n) is 3.77. The lowest BCUT2D eigenvalue weighted by molar-refractivity contribution is -0.124. The van der Waals surface area contributed by atoms with E-state index in [1.165, 1.54) is 12.5 Å². The van der Waals surface area contributed by atoms with Gasteiger partial charge in [0, 0.05) is 26.2 Å². The minimum Gasteiger partial charge on any atom is -0.371 e. The Morgan fingerprint density at radius 1 is 1.00 bits per heavy atom. The Bertz CT molecular complexity index is 419. The lowest BCUT2D eigenvalue weighted by Crippen LogP contribution is -2.50. The van der Waals surface area contributed by atoms with Crippen LogP contribution in [0.25, 0.3) is 0 Å². The zero-order valence-corrected chi connectivity index (χ0v) is 15.7. The fourth-order valence-electron chi connectivity index (χ4n) is 2.53. The Balaban J connectivity index is 0.000000230. The van der Waals surface area contributed by atoms with E-state index in [0.29, 0.717) is 6.10 Å². The van der Waals surface area contributed by atoms with Crippen LogP contribution in [-0.2, 0) is 16.1 Å². The third-order valence-corrected chi connectivity index (χ3v) is 3.77. The van der Waals surface area contributed by atoms with Gasteiger partial charge in [0.2, 0.25) is 0 Å². The maximum atomic E-state index is 12.1. The molecule has 1 aromatic carbocycles. The average Bonchev–Trinajstić information content (AvgIpc) is 2.52. The van der Waals surface area contributed by atoms with Crippen LogP contribution in [0.3, 0.4) is 0 Å². The van der Waals surface area contributed by atoms with Crippen molar-refractivity contribution in [2.75, 3.05) is 40.3 Å². The summed E-state index contributed by atoms with van der Waals surface area (Å²) in [5.74, 6) is 0. The number of nitrogens with zero attached hydrogens (tertiary/aromatic N) is 2. The standard InChI is InChI=1S/C11H15NO.C6H12FNO.C2H6/c1-12-7-11(8-12)13-9-10-5-3-2-4-6-10;1-5(7)9-6-3-8(2)4-6;1-2/h2-6,11H,7-9H2,1H3;5-6H,3-4H2,1-2H3;1-2H3. The van der Waals surface area contributed by atoms with Crippen molar-refractivity contribution >= 4 is 0 Å². The summed E-state index contributed by atoms with van der Waals surface area (Å²) < 4.78 is 22.6. The largest absolute Gasteiger partial charge is 0.371 e. The number of alkyl halides is 1. The Kier molecular flexibility index (Phi) is 10.1. The molecule has 2 heterocycles. The number of hydrogen-bond donors (Lipinski definition) is 0. The molecule has 0 saturated carbocycles. The molecule has 138 valence electrons. The van der Waals surface area contributed by atoms with Crippen LogP contribution in [-0.4, -0.2) is 68.6 Å². The Labute approximate surface area is 146 Å². The molecule has 0 radical (unpaired) electrons. The second kappa shape index (κ2) is 11.5. The van der Waals surface area contributed by atoms with Gasteiger partial charge in [-0.1, -0.05) is 44.2 Å². The van der Waals surface area contributed by atoms with E-state index in [1.807, 2.05) is 39.1 Å². The molecule has 0 aromatic heterocycles. The van der Waals surface area contributed by atoms with Crippen molar-refractivity contribution in [2.45, 2.75) is 45.9 Å². The first-order valence-electron chi connectivity index (χ1n) is 8.85. The van der Waals surface area contributed by atoms with Gasteiger partial charge in [-0.3, -0.25) is 0 Å². The first kappa shape index (κ1) is 21.0. The molecule has 0 N–H and O–H groups in total. The van der Waals surface area contributed by atoms with Crippen LogP contribution in [0.2, 0.25) is 0 Å². The van der Waals surface area contributed by atoms with Crippen molar-refractivity contribution in [3.8, 4) is 0 Å². The fraction of sp³-hybridized carbons (Fsp3) is 0.684. The molecule has 1 aromatic rings. The van der Waals surface area contributed by atoms with Crippen LogP contribution in [0.15, 0.2) is 30.3 Å². The van der Waals surface area contributed by atoms with E-state index < -0.39 is 6.36 Å². The van der Waals surface area contributed by atoms with Gasteiger partial charge in [0.25, 0.3) is 0 Å². The summed E-state index contributed by atoms with van der Waals surface area (Å²) in [6.07, 6.45) is -0.524. The second-order valence-corrected chi connectivity index (χ2v) is 6.16. The van der Waals surface area contributed by atoms with Gasteiger partial charge in [-0.2, -0.15) is 0 Å². The number of halogens is 1.